The molecule has 0 aliphatic heterocycles. The Balaban J connectivity index is 1.33. The average Bonchev–Trinajstić information content (AvgIpc) is 3.43. The SMILES string of the molecule is CC(Sc1nnnn1Cc1cccs1)C(=O)Nc1ccc(Oc2ccccc2)cc1. The number of carbonyl (C=O) groups is 1. The summed E-state index contributed by atoms with van der Waals surface area (Å²) < 4.78 is 7.48. The Hall–Kier alpha value is -3.17. The number of thioether (sulfide) groups is 1. The number of tetrazole rings is 1. The minimum Gasteiger partial charge on any atom is -0.457 e. The number of nitrogens with zero attached hydrogens (tertiary/aromatic N) is 4. The Morgan fingerprint density at radius 3 is 2.60 bits per heavy atom. The van der Waals surface area contributed by atoms with Crippen molar-refractivity contribution in [1.82, 2.24) is 20.2 Å². The zero-order chi connectivity index (χ0) is 20.8. The number of ether oxygens (including phenoxy) is 1. The van der Waals surface area contributed by atoms with E-state index in [1.54, 1.807) is 16.0 Å². The third-order valence-electron chi connectivity index (χ3n) is 4.14. The molecular formula is C21H19N5O2S2. The highest BCUT2D eigenvalue weighted by Crippen LogP contribution is 2.25. The Morgan fingerprint density at radius 1 is 1.10 bits per heavy atom. The maximum absolute atomic E-state index is 12.6. The van der Waals surface area contributed by atoms with Crippen molar-refractivity contribution < 1.29 is 9.53 Å². The summed E-state index contributed by atoms with van der Waals surface area (Å²) in [6.45, 7) is 2.42. The first-order valence-electron chi connectivity index (χ1n) is 9.26. The zero-order valence-corrected chi connectivity index (χ0v) is 17.8. The summed E-state index contributed by atoms with van der Waals surface area (Å²) in [5, 5.41) is 17.0. The van der Waals surface area contributed by atoms with Crippen molar-refractivity contribution in [3.05, 3.63) is 77.0 Å². The van der Waals surface area contributed by atoms with E-state index in [-0.39, 0.29) is 11.2 Å². The van der Waals surface area contributed by atoms with Gasteiger partial charge in [0.1, 0.15) is 11.5 Å². The Bertz CT molecular complexity index is 1080. The van der Waals surface area contributed by atoms with Crippen molar-refractivity contribution in [3.63, 3.8) is 0 Å². The largest absolute Gasteiger partial charge is 0.457 e. The van der Waals surface area contributed by atoms with Gasteiger partial charge in [-0.05, 0) is 65.2 Å². The second-order valence-electron chi connectivity index (χ2n) is 6.39. The van der Waals surface area contributed by atoms with Crippen LogP contribution in [0.25, 0.3) is 0 Å². The van der Waals surface area contributed by atoms with Gasteiger partial charge >= 0.3 is 0 Å². The number of amides is 1. The number of rotatable bonds is 8. The van der Waals surface area contributed by atoms with E-state index >= 15 is 0 Å². The van der Waals surface area contributed by atoms with Gasteiger partial charge in [-0.25, -0.2) is 4.68 Å². The molecule has 7 nitrogen and oxygen atoms in total. The minimum atomic E-state index is -0.363. The smallest absolute Gasteiger partial charge is 0.237 e. The van der Waals surface area contributed by atoms with E-state index in [9.17, 15) is 4.79 Å². The third-order valence-corrected chi connectivity index (χ3v) is 6.07. The topological polar surface area (TPSA) is 81.9 Å². The van der Waals surface area contributed by atoms with E-state index in [0.717, 1.165) is 10.6 Å². The first-order valence-corrected chi connectivity index (χ1v) is 11.0. The van der Waals surface area contributed by atoms with Crippen LogP contribution in [0, 0.1) is 0 Å². The molecule has 0 aliphatic carbocycles. The van der Waals surface area contributed by atoms with Crippen LogP contribution in [-0.2, 0) is 11.3 Å². The summed E-state index contributed by atoms with van der Waals surface area (Å²) >= 11 is 2.97. The molecule has 0 saturated carbocycles. The summed E-state index contributed by atoms with van der Waals surface area (Å²) in [5.41, 5.74) is 0.700. The van der Waals surface area contributed by atoms with Crippen LogP contribution in [0.4, 0.5) is 5.69 Å². The molecule has 0 saturated heterocycles. The van der Waals surface area contributed by atoms with Crippen LogP contribution in [0.15, 0.2) is 77.3 Å². The van der Waals surface area contributed by atoms with Crippen molar-refractivity contribution in [2.45, 2.75) is 23.9 Å². The number of anilines is 1. The Kier molecular flexibility index (Phi) is 6.41. The van der Waals surface area contributed by atoms with Gasteiger partial charge in [-0.3, -0.25) is 4.79 Å². The molecule has 9 heteroatoms. The monoisotopic (exact) mass is 437 g/mol. The second kappa shape index (κ2) is 9.55. The van der Waals surface area contributed by atoms with E-state index < -0.39 is 0 Å². The fourth-order valence-electron chi connectivity index (χ4n) is 2.62. The van der Waals surface area contributed by atoms with E-state index in [0.29, 0.717) is 23.1 Å². The first kappa shape index (κ1) is 20.1. The van der Waals surface area contributed by atoms with Crippen molar-refractivity contribution in [2.24, 2.45) is 0 Å². The van der Waals surface area contributed by atoms with Gasteiger partial charge in [0.05, 0.1) is 11.8 Å². The van der Waals surface area contributed by atoms with Crippen molar-refractivity contribution in [3.8, 4) is 11.5 Å². The summed E-state index contributed by atoms with van der Waals surface area (Å²) in [6, 6.07) is 20.8. The molecule has 2 aromatic carbocycles. The van der Waals surface area contributed by atoms with Gasteiger partial charge < -0.3 is 10.1 Å². The molecule has 1 atom stereocenters. The van der Waals surface area contributed by atoms with E-state index in [2.05, 4.69) is 20.8 Å². The highest BCUT2D eigenvalue weighted by atomic mass is 32.2. The molecule has 30 heavy (non-hydrogen) atoms. The molecule has 0 spiro atoms. The molecule has 4 rings (SSSR count). The van der Waals surface area contributed by atoms with Gasteiger partial charge in [0.15, 0.2) is 0 Å². The van der Waals surface area contributed by atoms with Crippen LogP contribution in [0.1, 0.15) is 11.8 Å². The van der Waals surface area contributed by atoms with E-state index in [1.165, 1.54) is 11.8 Å². The first-order chi connectivity index (χ1) is 14.7. The Morgan fingerprint density at radius 2 is 1.87 bits per heavy atom. The highest BCUT2D eigenvalue weighted by Gasteiger charge is 2.19. The van der Waals surface area contributed by atoms with Gasteiger partial charge in [-0.15, -0.1) is 16.4 Å². The van der Waals surface area contributed by atoms with Crippen LogP contribution in [0.2, 0.25) is 0 Å². The molecule has 0 radical (unpaired) electrons. The highest BCUT2D eigenvalue weighted by molar-refractivity contribution is 8.00. The number of nitrogens with one attached hydrogen (secondary N) is 1. The number of hydrogen-bond acceptors (Lipinski definition) is 7. The lowest BCUT2D eigenvalue weighted by molar-refractivity contribution is -0.115. The number of thiophene rings is 1. The van der Waals surface area contributed by atoms with Gasteiger partial charge in [0, 0.05) is 10.6 Å². The van der Waals surface area contributed by atoms with Crippen LogP contribution < -0.4 is 10.1 Å². The molecule has 1 amide bonds. The molecule has 2 aromatic heterocycles. The number of hydrogen-bond donors (Lipinski definition) is 1. The Labute approximate surface area is 182 Å². The van der Waals surface area contributed by atoms with Crippen LogP contribution >= 0.6 is 23.1 Å². The zero-order valence-electron chi connectivity index (χ0n) is 16.1. The number of aromatic nitrogens is 4. The molecule has 0 aliphatic rings. The summed E-state index contributed by atoms with van der Waals surface area (Å²) in [7, 11) is 0. The molecule has 2 heterocycles. The minimum absolute atomic E-state index is 0.123. The number of carbonyl (C=O) groups excluding carboxylic acids is 1. The lowest BCUT2D eigenvalue weighted by Crippen LogP contribution is -2.23. The van der Waals surface area contributed by atoms with Crippen molar-refractivity contribution in [1.29, 1.82) is 0 Å². The number of benzene rings is 2. The predicted molar refractivity (Wildman–Crippen MR) is 118 cm³/mol. The second-order valence-corrected chi connectivity index (χ2v) is 8.73. The van der Waals surface area contributed by atoms with Gasteiger partial charge in [0.25, 0.3) is 0 Å². The quantitative estimate of drug-likeness (QED) is 0.403. The van der Waals surface area contributed by atoms with Crippen molar-refractivity contribution in [2.75, 3.05) is 5.32 Å². The maximum atomic E-state index is 12.6. The molecule has 0 fully saturated rings. The van der Waals surface area contributed by atoms with Crippen molar-refractivity contribution >= 4 is 34.7 Å². The lowest BCUT2D eigenvalue weighted by atomic mass is 10.3. The summed E-state index contributed by atoms with van der Waals surface area (Å²) in [6.07, 6.45) is 0. The lowest BCUT2D eigenvalue weighted by Gasteiger charge is -2.12. The normalized spacial score (nSPS) is 11.8. The molecule has 152 valence electrons. The maximum Gasteiger partial charge on any atom is 0.237 e. The van der Waals surface area contributed by atoms with Crippen LogP contribution in [-0.4, -0.2) is 31.4 Å². The van der Waals surface area contributed by atoms with Gasteiger partial charge in [0.2, 0.25) is 11.1 Å². The van der Waals surface area contributed by atoms with Crippen LogP contribution in [0.5, 0.6) is 11.5 Å². The summed E-state index contributed by atoms with van der Waals surface area (Å²) in [4.78, 5) is 13.8. The van der Waals surface area contributed by atoms with E-state index in [1.807, 2.05) is 79.0 Å². The molecule has 1 N–H and O–H groups in total. The third kappa shape index (κ3) is 5.25. The predicted octanol–water partition coefficient (Wildman–Crippen LogP) is 4.69. The standard InChI is InChI=1S/C21H19N5O2S2/c1-15(30-21-23-24-25-26(21)14-19-8-5-13-29-19)20(27)22-16-9-11-18(12-10-16)28-17-6-3-2-4-7-17/h2-13,15H,14H2,1H3,(H,22,27). The summed E-state index contributed by atoms with van der Waals surface area (Å²) in [5.74, 6) is 1.34. The van der Waals surface area contributed by atoms with Crippen LogP contribution in [0.3, 0.4) is 0 Å². The fraction of sp³-hybridized carbons (Fsp3) is 0.143. The number of para-hydroxylation sites is 1. The van der Waals surface area contributed by atoms with Gasteiger partial charge in [-0.2, -0.15) is 0 Å². The molecular weight excluding hydrogens is 418 g/mol. The fourth-order valence-corrected chi connectivity index (χ4v) is 4.09. The molecule has 4 aromatic rings. The van der Waals surface area contributed by atoms with E-state index in [4.69, 9.17) is 4.74 Å². The average molecular weight is 438 g/mol. The molecule has 1 unspecified atom stereocenters. The van der Waals surface area contributed by atoms with Gasteiger partial charge in [-0.1, -0.05) is 36.0 Å². The molecule has 0 bridgehead atoms.